The van der Waals surface area contributed by atoms with Crippen molar-refractivity contribution in [2.75, 3.05) is 0 Å². The summed E-state index contributed by atoms with van der Waals surface area (Å²) in [7, 11) is 0. The maximum Gasteiger partial charge on any atom is 0.253 e. The Labute approximate surface area is 161 Å². The molecule has 1 amide bonds. The van der Waals surface area contributed by atoms with Gasteiger partial charge in [0, 0.05) is 28.4 Å². The number of aromatic nitrogens is 3. The van der Waals surface area contributed by atoms with Crippen molar-refractivity contribution in [3.63, 3.8) is 0 Å². The van der Waals surface area contributed by atoms with Crippen LogP contribution in [0.3, 0.4) is 0 Å². The fourth-order valence-corrected chi connectivity index (χ4v) is 3.20. The second-order valence-electron chi connectivity index (χ2n) is 6.28. The third kappa shape index (κ3) is 3.41. The molecule has 0 bridgehead atoms. The molecule has 2 heterocycles. The van der Waals surface area contributed by atoms with Crippen LogP contribution in [-0.4, -0.2) is 21.1 Å². The molecule has 0 unspecified atom stereocenters. The van der Waals surface area contributed by atoms with Crippen LogP contribution in [0.25, 0.3) is 22.2 Å². The minimum atomic E-state index is -0.159. The van der Waals surface area contributed by atoms with Gasteiger partial charge in [0.05, 0.1) is 17.1 Å². The number of hydrogen-bond donors (Lipinski definition) is 2. The molecule has 5 nitrogen and oxygen atoms in total. The van der Waals surface area contributed by atoms with Crippen LogP contribution >= 0.6 is 11.6 Å². The Hall–Kier alpha value is -3.18. The minimum absolute atomic E-state index is 0.146. The average molecular weight is 377 g/mol. The zero-order chi connectivity index (χ0) is 18.8. The van der Waals surface area contributed by atoms with Crippen molar-refractivity contribution in [2.24, 2.45) is 0 Å². The minimum Gasteiger partial charge on any atom is -0.345 e. The number of hydrogen-bond acceptors (Lipinski definition) is 3. The van der Waals surface area contributed by atoms with Gasteiger partial charge in [0.15, 0.2) is 0 Å². The summed E-state index contributed by atoms with van der Waals surface area (Å²) >= 11 is 5.93. The van der Waals surface area contributed by atoms with Crippen molar-refractivity contribution >= 4 is 28.4 Å². The Morgan fingerprint density at radius 1 is 1.07 bits per heavy atom. The molecule has 1 atom stereocenters. The summed E-state index contributed by atoms with van der Waals surface area (Å²) in [6, 6.07) is 16.7. The number of fused-ring (bicyclic) bond motifs is 1. The maximum absolute atomic E-state index is 12.9. The highest BCUT2D eigenvalue weighted by atomic mass is 35.5. The maximum atomic E-state index is 12.9. The summed E-state index contributed by atoms with van der Waals surface area (Å²) in [5.74, 6) is -0.159. The van der Waals surface area contributed by atoms with E-state index in [1.807, 2.05) is 55.5 Å². The molecular formula is C21H17ClN4O. The number of aromatic amines is 1. The molecule has 4 rings (SSSR count). The van der Waals surface area contributed by atoms with Crippen LogP contribution < -0.4 is 5.32 Å². The Morgan fingerprint density at radius 3 is 2.56 bits per heavy atom. The quantitative estimate of drug-likeness (QED) is 0.539. The van der Waals surface area contributed by atoms with E-state index in [2.05, 4.69) is 20.5 Å². The fraction of sp³-hybridized carbons (Fsp3) is 0.0952. The topological polar surface area (TPSA) is 70.7 Å². The lowest BCUT2D eigenvalue weighted by Crippen LogP contribution is -2.26. The van der Waals surface area contributed by atoms with Crippen LogP contribution in [0.2, 0.25) is 5.02 Å². The van der Waals surface area contributed by atoms with E-state index in [1.54, 1.807) is 18.5 Å². The van der Waals surface area contributed by atoms with Crippen LogP contribution in [0, 0.1) is 0 Å². The highest BCUT2D eigenvalue weighted by Gasteiger charge is 2.17. The van der Waals surface area contributed by atoms with Crippen molar-refractivity contribution in [2.45, 2.75) is 13.0 Å². The number of carbonyl (C=O) groups is 1. The van der Waals surface area contributed by atoms with Crippen LogP contribution in [0.1, 0.15) is 28.9 Å². The number of pyridine rings is 1. The smallest absolute Gasteiger partial charge is 0.253 e. The first-order valence-electron chi connectivity index (χ1n) is 8.57. The summed E-state index contributed by atoms with van der Waals surface area (Å²) in [5, 5.41) is 12.0. The molecule has 0 saturated heterocycles. The van der Waals surface area contributed by atoms with Gasteiger partial charge in [-0.1, -0.05) is 35.9 Å². The van der Waals surface area contributed by atoms with Gasteiger partial charge in [-0.25, -0.2) is 0 Å². The van der Waals surface area contributed by atoms with Crippen molar-refractivity contribution in [3.05, 3.63) is 83.1 Å². The monoisotopic (exact) mass is 376 g/mol. The highest BCUT2D eigenvalue weighted by Crippen LogP contribution is 2.28. The molecule has 6 heteroatoms. The van der Waals surface area contributed by atoms with Gasteiger partial charge in [-0.3, -0.25) is 14.9 Å². The van der Waals surface area contributed by atoms with Crippen LogP contribution in [0.5, 0.6) is 0 Å². The lowest BCUT2D eigenvalue weighted by atomic mass is 10.0. The van der Waals surface area contributed by atoms with Crippen molar-refractivity contribution in [3.8, 4) is 11.3 Å². The number of rotatable bonds is 4. The predicted molar refractivity (Wildman–Crippen MR) is 107 cm³/mol. The van der Waals surface area contributed by atoms with E-state index in [0.29, 0.717) is 16.1 Å². The van der Waals surface area contributed by atoms with E-state index in [-0.39, 0.29) is 11.9 Å². The zero-order valence-corrected chi connectivity index (χ0v) is 15.4. The summed E-state index contributed by atoms with van der Waals surface area (Å²) in [6.45, 7) is 1.94. The number of halogens is 1. The second-order valence-corrected chi connectivity index (χ2v) is 6.72. The summed E-state index contributed by atoms with van der Waals surface area (Å²) in [4.78, 5) is 16.9. The van der Waals surface area contributed by atoms with Gasteiger partial charge in [-0.05, 0) is 42.8 Å². The Kier molecular flexibility index (Phi) is 4.60. The van der Waals surface area contributed by atoms with E-state index < -0.39 is 0 Å². The van der Waals surface area contributed by atoms with Crippen molar-refractivity contribution in [1.82, 2.24) is 20.5 Å². The fourth-order valence-electron chi connectivity index (χ4n) is 3.07. The average Bonchev–Trinajstić information content (AvgIpc) is 3.13. The van der Waals surface area contributed by atoms with Gasteiger partial charge >= 0.3 is 0 Å². The molecule has 2 N–H and O–H groups in total. The van der Waals surface area contributed by atoms with Crippen LogP contribution in [-0.2, 0) is 0 Å². The summed E-state index contributed by atoms with van der Waals surface area (Å²) < 4.78 is 0. The van der Waals surface area contributed by atoms with Crippen molar-refractivity contribution in [1.29, 1.82) is 0 Å². The molecule has 0 aliphatic rings. The summed E-state index contributed by atoms with van der Waals surface area (Å²) in [5.41, 5.74) is 4.00. The van der Waals surface area contributed by atoms with E-state index in [1.165, 1.54) is 0 Å². The van der Waals surface area contributed by atoms with E-state index in [9.17, 15) is 4.79 Å². The van der Waals surface area contributed by atoms with E-state index >= 15 is 0 Å². The molecule has 4 aromatic rings. The lowest BCUT2D eigenvalue weighted by molar-refractivity contribution is 0.0941. The molecule has 0 fully saturated rings. The summed E-state index contributed by atoms with van der Waals surface area (Å²) in [6.07, 6.45) is 3.44. The standard InChI is InChI=1S/C21H17ClN4O/c1-13(14-5-7-16(22)8-6-14)24-21(27)18-4-2-3-17-19(25-26-20(17)18)15-9-11-23-12-10-15/h2-13H,1H3,(H,24,27)(H,25,26)/t13-/m1/s1. The van der Waals surface area contributed by atoms with Gasteiger partial charge in [-0.2, -0.15) is 5.10 Å². The zero-order valence-electron chi connectivity index (χ0n) is 14.6. The number of carbonyl (C=O) groups excluding carboxylic acids is 1. The lowest BCUT2D eigenvalue weighted by Gasteiger charge is -2.15. The molecule has 0 radical (unpaired) electrons. The first-order valence-corrected chi connectivity index (χ1v) is 8.95. The number of H-pyrrole nitrogens is 1. The Bertz CT molecular complexity index is 1090. The predicted octanol–water partition coefficient (Wildman–Crippen LogP) is 4.77. The highest BCUT2D eigenvalue weighted by molar-refractivity contribution is 6.30. The number of benzene rings is 2. The Balaban J connectivity index is 1.64. The molecular weight excluding hydrogens is 360 g/mol. The normalized spacial score (nSPS) is 12.1. The van der Waals surface area contributed by atoms with Crippen molar-refractivity contribution < 1.29 is 4.79 Å². The Morgan fingerprint density at radius 2 is 1.81 bits per heavy atom. The first-order chi connectivity index (χ1) is 13.1. The largest absolute Gasteiger partial charge is 0.345 e. The van der Waals surface area contributed by atoms with Gasteiger partial charge in [0.2, 0.25) is 0 Å². The first kappa shape index (κ1) is 17.2. The molecule has 0 aliphatic carbocycles. The SMILES string of the molecule is C[C@@H](NC(=O)c1cccc2c(-c3ccncc3)n[nH]c12)c1ccc(Cl)cc1. The molecule has 0 spiro atoms. The van der Waals surface area contributed by atoms with E-state index in [4.69, 9.17) is 11.6 Å². The third-order valence-corrected chi connectivity index (χ3v) is 4.77. The number of amides is 1. The number of nitrogens with one attached hydrogen (secondary N) is 2. The van der Waals surface area contributed by atoms with Gasteiger partial charge in [-0.15, -0.1) is 0 Å². The van der Waals surface area contributed by atoms with E-state index in [0.717, 1.165) is 22.2 Å². The molecule has 134 valence electrons. The van der Waals surface area contributed by atoms with Crippen LogP contribution in [0.15, 0.2) is 67.0 Å². The third-order valence-electron chi connectivity index (χ3n) is 4.52. The van der Waals surface area contributed by atoms with Gasteiger partial charge in [0.25, 0.3) is 5.91 Å². The molecule has 27 heavy (non-hydrogen) atoms. The van der Waals surface area contributed by atoms with Gasteiger partial charge < -0.3 is 5.32 Å². The number of para-hydroxylation sites is 1. The second kappa shape index (κ2) is 7.21. The van der Waals surface area contributed by atoms with Crippen LogP contribution in [0.4, 0.5) is 0 Å². The number of nitrogens with zero attached hydrogens (tertiary/aromatic N) is 2. The van der Waals surface area contributed by atoms with Gasteiger partial charge in [0.1, 0.15) is 5.69 Å². The molecule has 2 aromatic heterocycles. The molecule has 0 aliphatic heterocycles. The molecule has 0 saturated carbocycles. The molecule has 2 aromatic carbocycles.